The smallest absolute Gasteiger partial charge is 0.248 e. The van der Waals surface area contributed by atoms with E-state index in [1.54, 1.807) is 6.07 Å². The Labute approximate surface area is 111 Å². The summed E-state index contributed by atoms with van der Waals surface area (Å²) < 4.78 is 38.9. The highest BCUT2D eigenvalue weighted by atomic mass is 32.2. The zero-order chi connectivity index (χ0) is 14.5. The van der Waals surface area contributed by atoms with Crippen LogP contribution >= 0.6 is 0 Å². The maximum Gasteiger partial charge on any atom is 0.248 e. The Balaban J connectivity index is 3.08. The summed E-state index contributed by atoms with van der Waals surface area (Å²) in [5.74, 6) is 4.40. The predicted octanol–water partition coefficient (Wildman–Crippen LogP) is 0.790. The molecule has 7 heteroatoms. The zero-order valence-corrected chi connectivity index (χ0v) is 11.0. The van der Waals surface area contributed by atoms with Crippen LogP contribution in [-0.2, 0) is 10.0 Å². The van der Waals surface area contributed by atoms with Crippen molar-refractivity contribution in [1.29, 1.82) is 5.26 Å². The molecule has 1 aromatic carbocycles. The van der Waals surface area contributed by atoms with E-state index in [4.69, 9.17) is 11.0 Å². The molecule has 1 unspecified atom stereocenters. The highest BCUT2D eigenvalue weighted by molar-refractivity contribution is 7.93. The fraction of sp³-hybridized carbons (Fsp3) is 0.250. The average molecular weight is 281 g/mol. The second-order valence-electron chi connectivity index (χ2n) is 3.62. The molecule has 5 nitrogen and oxygen atoms in total. The molecule has 3 N–H and O–H groups in total. The first-order chi connectivity index (χ1) is 8.90. The van der Waals surface area contributed by atoms with Gasteiger partial charge >= 0.3 is 0 Å². The third-order valence-corrected chi connectivity index (χ3v) is 3.76. The van der Waals surface area contributed by atoms with Crippen LogP contribution in [0.4, 0.5) is 10.1 Å². The van der Waals surface area contributed by atoms with Gasteiger partial charge in [0.15, 0.2) is 5.25 Å². The molecule has 1 atom stereocenters. The van der Waals surface area contributed by atoms with E-state index in [0.29, 0.717) is 0 Å². The van der Waals surface area contributed by atoms with Gasteiger partial charge in [0, 0.05) is 5.69 Å². The van der Waals surface area contributed by atoms with Crippen molar-refractivity contribution in [2.75, 3.05) is 11.3 Å². The SMILES string of the molecule is CC(C#N)S(=O)(=O)Nc1ccc(F)c(C#CCN)c1. The van der Waals surface area contributed by atoms with Crippen LogP contribution in [0.2, 0.25) is 0 Å². The minimum atomic E-state index is -3.82. The number of rotatable bonds is 3. The molecule has 0 saturated heterocycles. The fourth-order valence-corrected chi connectivity index (χ4v) is 1.92. The molecule has 1 aromatic rings. The zero-order valence-electron chi connectivity index (χ0n) is 10.1. The van der Waals surface area contributed by atoms with Crippen molar-refractivity contribution in [3.63, 3.8) is 0 Å². The van der Waals surface area contributed by atoms with Crippen LogP contribution in [0.25, 0.3) is 0 Å². The number of anilines is 1. The van der Waals surface area contributed by atoms with Crippen LogP contribution in [-0.4, -0.2) is 20.2 Å². The summed E-state index contributed by atoms with van der Waals surface area (Å²) in [6.07, 6.45) is 0. The number of sulfonamides is 1. The monoisotopic (exact) mass is 281 g/mol. The predicted molar refractivity (Wildman–Crippen MR) is 69.9 cm³/mol. The number of halogens is 1. The molecule has 1 rings (SSSR count). The van der Waals surface area contributed by atoms with E-state index < -0.39 is 21.1 Å². The van der Waals surface area contributed by atoms with Gasteiger partial charge < -0.3 is 5.73 Å². The number of nitrogens with one attached hydrogen (secondary N) is 1. The highest BCUT2D eigenvalue weighted by Gasteiger charge is 2.20. The number of nitrogens with zero attached hydrogens (tertiary/aromatic N) is 1. The molecule has 0 heterocycles. The van der Waals surface area contributed by atoms with Gasteiger partial charge in [-0.1, -0.05) is 11.8 Å². The maximum atomic E-state index is 13.4. The second kappa shape index (κ2) is 6.19. The van der Waals surface area contributed by atoms with Crippen LogP contribution in [0.15, 0.2) is 18.2 Å². The number of hydrogen-bond donors (Lipinski definition) is 2. The Hall–Kier alpha value is -2.09. The Bertz CT molecular complexity index is 668. The number of benzene rings is 1. The Morgan fingerprint density at radius 1 is 1.53 bits per heavy atom. The van der Waals surface area contributed by atoms with Crippen LogP contribution in [0.5, 0.6) is 0 Å². The molecule has 19 heavy (non-hydrogen) atoms. The van der Waals surface area contributed by atoms with Gasteiger partial charge in [0.05, 0.1) is 18.2 Å². The molecule has 0 radical (unpaired) electrons. The average Bonchev–Trinajstić information content (AvgIpc) is 2.38. The third kappa shape index (κ3) is 3.95. The summed E-state index contributed by atoms with van der Waals surface area (Å²) in [6, 6.07) is 5.21. The Morgan fingerprint density at radius 3 is 2.79 bits per heavy atom. The summed E-state index contributed by atoms with van der Waals surface area (Å²) in [5.41, 5.74) is 5.36. The van der Waals surface area contributed by atoms with E-state index in [2.05, 4.69) is 16.6 Å². The minimum Gasteiger partial charge on any atom is -0.320 e. The molecule has 0 aliphatic rings. The van der Waals surface area contributed by atoms with E-state index in [1.807, 2.05) is 0 Å². The third-order valence-electron chi connectivity index (χ3n) is 2.20. The summed E-state index contributed by atoms with van der Waals surface area (Å²) >= 11 is 0. The topological polar surface area (TPSA) is 96.0 Å². The number of nitriles is 1. The lowest BCUT2D eigenvalue weighted by molar-refractivity contribution is 0.597. The lowest BCUT2D eigenvalue weighted by atomic mass is 10.2. The Kier molecular flexibility index (Phi) is 4.87. The van der Waals surface area contributed by atoms with E-state index in [0.717, 1.165) is 6.07 Å². The van der Waals surface area contributed by atoms with Crippen molar-refractivity contribution in [2.45, 2.75) is 12.2 Å². The molecule has 0 spiro atoms. The van der Waals surface area contributed by atoms with Crippen molar-refractivity contribution in [3.8, 4) is 17.9 Å². The summed E-state index contributed by atoms with van der Waals surface area (Å²) in [4.78, 5) is 0. The van der Waals surface area contributed by atoms with Crippen molar-refractivity contribution < 1.29 is 12.8 Å². The van der Waals surface area contributed by atoms with Gasteiger partial charge in [-0.05, 0) is 25.1 Å². The maximum absolute atomic E-state index is 13.4. The molecule has 0 amide bonds. The molecular formula is C12H12FN3O2S. The highest BCUT2D eigenvalue weighted by Crippen LogP contribution is 2.16. The summed E-state index contributed by atoms with van der Waals surface area (Å²) in [5, 5.41) is 7.39. The minimum absolute atomic E-state index is 0.0373. The van der Waals surface area contributed by atoms with Gasteiger partial charge in [0.25, 0.3) is 0 Å². The molecule has 0 fully saturated rings. The van der Waals surface area contributed by atoms with Gasteiger partial charge in [0.1, 0.15) is 5.82 Å². The van der Waals surface area contributed by atoms with Crippen molar-refractivity contribution in [1.82, 2.24) is 0 Å². The normalized spacial score (nSPS) is 11.9. The largest absolute Gasteiger partial charge is 0.320 e. The number of nitrogens with two attached hydrogens (primary N) is 1. The molecular weight excluding hydrogens is 269 g/mol. The molecule has 0 aromatic heterocycles. The van der Waals surface area contributed by atoms with Gasteiger partial charge in [-0.3, -0.25) is 4.72 Å². The lowest BCUT2D eigenvalue weighted by Crippen LogP contribution is -2.23. The van der Waals surface area contributed by atoms with Gasteiger partial charge in [0.2, 0.25) is 10.0 Å². The van der Waals surface area contributed by atoms with E-state index in [-0.39, 0.29) is 17.8 Å². The fourth-order valence-electron chi connectivity index (χ4n) is 1.15. The summed E-state index contributed by atoms with van der Waals surface area (Å²) in [6.45, 7) is 1.32. The van der Waals surface area contributed by atoms with Crippen molar-refractivity contribution in [2.24, 2.45) is 5.73 Å². The van der Waals surface area contributed by atoms with Crippen LogP contribution in [0.3, 0.4) is 0 Å². The molecule has 0 aliphatic heterocycles. The van der Waals surface area contributed by atoms with Crippen molar-refractivity contribution in [3.05, 3.63) is 29.6 Å². The first-order valence-corrected chi connectivity index (χ1v) is 6.85. The van der Waals surface area contributed by atoms with Crippen LogP contribution < -0.4 is 10.5 Å². The Morgan fingerprint density at radius 2 is 2.21 bits per heavy atom. The first-order valence-electron chi connectivity index (χ1n) is 5.30. The van der Waals surface area contributed by atoms with E-state index in [1.165, 1.54) is 19.1 Å². The number of hydrogen-bond acceptors (Lipinski definition) is 4. The molecule has 0 bridgehead atoms. The van der Waals surface area contributed by atoms with Gasteiger partial charge in [-0.25, -0.2) is 12.8 Å². The van der Waals surface area contributed by atoms with E-state index >= 15 is 0 Å². The molecule has 100 valence electrons. The van der Waals surface area contributed by atoms with Crippen molar-refractivity contribution >= 4 is 15.7 Å². The first kappa shape index (κ1) is 15.0. The lowest BCUT2D eigenvalue weighted by Gasteiger charge is -2.09. The van der Waals surface area contributed by atoms with E-state index in [9.17, 15) is 12.8 Å². The quantitative estimate of drug-likeness (QED) is 0.801. The van der Waals surface area contributed by atoms with Gasteiger partial charge in [-0.2, -0.15) is 5.26 Å². The van der Waals surface area contributed by atoms with Crippen LogP contribution in [0.1, 0.15) is 12.5 Å². The molecule has 0 saturated carbocycles. The summed E-state index contributed by atoms with van der Waals surface area (Å²) in [7, 11) is -3.82. The molecule has 0 aliphatic carbocycles. The van der Waals surface area contributed by atoms with Crippen LogP contribution in [0, 0.1) is 29.0 Å². The second-order valence-corrected chi connectivity index (χ2v) is 5.62. The van der Waals surface area contributed by atoms with Gasteiger partial charge in [-0.15, -0.1) is 0 Å². The standard InChI is InChI=1S/C12H12FN3O2S/c1-9(8-15)19(17,18)16-11-4-5-12(13)10(7-11)3-2-6-14/h4-5,7,9,16H,6,14H2,1H3.